The molecule has 1 aliphatic rings. The highest BCUT2D eigenvalue weighted by Crippen LogP contribution is 2.35. The van der Waals surface area contributed by atoms with Crippen molar-refractivity contribution in [3.05, 3.63) is 47.9 Å². The van der Waals surface area contributed by atoms with E-state index in [1.807, 2.05) is 6.07 Å². The molecular formula is C17H18N4. The first-order valence-electron chi connectivity index (χ1n) is 7.48. The minimum atomic E-state index is 0.967. The Morgan fingerprint density at radius 2 is 1.86 bits per heavy atom. The Morgan fingerprint density at radius 3 is 2.71 bits per heavy atom. The monoisotopic (exact) mass is 278 g/mol. The minimum Gasteiger partial charge on any atom is -0.343 e. The summed E-state index contributed by atoms with van der Waals surface area (Å²) in [5.74, 6) is 0.991. The van der Waals surface area contributed by atoms with E-state index in [9.17, 15) is 0 Å². The number of anilines is 2. The van der Waals surface area contributed by atoms with Gasteiger partial charge in [-0.15, -0.1) is 0 Å². The van der Waals surface area contributed by atoms with Crippen LogP contribution in [0.25, 0.3) is 11.0 Å². The molecule has 0 bridgehead atoms. The van der Waals surface area contributed by atoms with Gasteiger partial charge in [-0.3, -0.25) is 0 Å². The van der Waals surface area contributed by atoms with Crippen LogP contribution in [0.3, 0.4) is 0 Å². The SMILES string of the molecule is CN(c1ccccc1)c1ncnc2[nH]c3c(c12)CCCC3. The molecule has 1 aromatic carbocycles. The molecule has 0 saturated heterocycles. The third-order valence-electron chi connectivity index (χ3n) is 4.33. The molecule has 0 amide bonds. The van der Waals surface area contributed by atoms with Crippen LogP contribution < -0.4 is 4.90 Å². The van der Waals surface area contributed by atoms with Gasteiger partial charge >= 0.3 is 0 Å². The number of para-hydroxylation sites is 1. The van der Waals surface area contributed by atoms with Crippen LogP contribution in [-0.2, 0) is 12.8 Å². The second-order valence-electron chi connectivity index (χ2n) is 5.60. The molecule has 1 aliphatic carbocycles. The number of hydrogen-bond acceptors (Lipinski definition) is 3. The standard InChI is InChI=1S/C17H18N4/c1-21(12-7-3-2-4-8-12)17-15-13-9-5-6-10-14(13)20-16(15)18-11-19-17/h2-4,7-8,11H,5-6,9-10H2,1H3,(H,18,19,20). The number of aromatic nitrogens is 3. The number of rotatable bonds is 2. The predicted molar refractivity (Wildman–Crippen MR) is 85.0 cm³/mol. The van der Waals surface area contributed by atoms with Gasteiger partial charge in [-0.2, -0.15) is 0 Å². The number of fused-ring (bicyclic) bond motifs is 3. The highest BCUT2D eigenvalue weighted by molar-refractivity contribution is 5.93. The first kappa shape index (κ1) is 12.4. The van der Waals surface area contributed by atoms with Crippen LogP contribution in [0.15, 0.2) is 36.7 Å². The van der Waals surface area contributed by atoms with E-state index in [0.29, 0.717) is 0 Å². The highest BCUT2D eigenvalue weighted by Gasteiger charge is 2.21. The van der Waals surface area contributed by atoms with Crippen molar-refractivity contribution in [3.8, 4) is 0 Å². The summed E-state index contributed by atoms with van der Waals surface area (Å²) in [6.07, 6.45) is 6.41. The Morgan fingerprint density at radius 1 is 1.05 bits per heavy atom. The maximum atomic E-state index is 4.56. The van der Waals surface area contributed by atoms with Gasteiger partial charge in [0.15, 0.2) is 0 Å². The average Bonchev–Trinajstić information content (AvgIpc) is 2.93. The van der Waals surface area contributed by atoms with Crippen LogP contribution in [0.5, 0.6) is 0 Å². The van der Waals surface area contributed by atoms with E-state index in [-0.39, 0.29) is 0 Å². The first-order valence-corrected chi connectivity index (χ1v) is 7.48. The fourth-order valence-electron chi connectivity index (χ4n) is 3.24. The summed E-state index contributed by atoms with van der Waals surface area (Å²) in [5, 5.41) is 1.19. The molecule has 4 heteroatoms. The molecule has 0 aliphatic heterocycles. The van der Waals surface area contributed by atoms with Crippen molar-refractivity contribution in [2.24, 2.45) is 0 Å². The molecule has 21 heavy (non-hydrogen) atoms. The molecule has 0 spiro atoms. The van der Waals surface area contributed by atoms with E-state index in [1.165, 1.54) is 29.5 Å². The number of aromatic amines is 1. The topological polar surface area (TPSA) is 44.8 Å². The van der Waals surface area contributed by atoms with Crippen LogP contribution in [0.1, 0.15) is 24.1 Å². The fraction of sp³-hybridized carbons (Fsp3) is 0.294. The van der Waals surface area contributed by atoms with Crippen molar-refractivity contribution in [1.29, 1.82) is 0 Å². The van der Waals surface area contributed by atoms with Crippen LogP contribution in [-0.4, -0.2) is 22.0 Å². The van der Waals surface area contributed by atoms with Gasteiger partial charge in [0.2, 0.25) is 0 Å². The summed E-state index contributed by atoms with van der Waals surface area (Å²) >= 11 is 0. The molecule has 0 fully saturated rings. The Balaban J connectivity index is 1.91. The fourth-order valence-corrected chi connectivity index (χ4v) is 3.24. The van der Waals surface area contributed by atoms with E-state index in [4.69, 9.17) is 0 Å². The van der Waals surface area contributed by atoms with Gasteiger partial charge in [-0.25, -0.2) is 9.97 Å². The third kappa shape index (κ3) is 1.98. The number of nitrogens with one attached hydrogen (secondary N) is 1. The summed E-state index contributed by atoms with van der Waals surface area (Å²) < 4.78 is 0. The molecule has 106 valence electrons. The van der Waals surface area contributed by atoms with Gasteiger partial charge in [-0.1, -0.05) is 18.2 Å². The lowest BCUT2D eigenvalue weighted by Gasteiger charge is -2.20. The van der Waals surface area contributed by atoms with E-state index < -0.39 is 0 Å². The summed E-state index contributed by atoms with van der Waals surface area (Å²) in [6.45, 7) is 0. The largest absolute Gasteiger partial charge is 0.343 e. The van der Waals surface area contributed by atoms with Crippen molar-refractivity contribution in [2.75, 3.05) is 11.9 Å². The minimum absolute atomic E-state index is 0.967. The van der Waals surface area contributed by atoms with Gasteiger partial charge in [0.25, 0.3) is 0 Å². The zero-order chi connectivity index (χ0) is 14.2. The summed E-state index contributed by atoms with van der Waals surface area (Å²) in [5.41, 5.74) is 4.87. The van der Waals surface area contributed by atoms with Crippen LogP contribution in [0, 0.1) is 0 Å². The normalized spacial score (nSPS) is 14.1. The molecule has 0 unspecified atom stereocenters. The van der Waals surface area contributed by atoms with Gasteiger partial charge in [-0.05, 0) is 43.4 Å². The summed E-state index contributed by atoms with van der Waals surface area (Å²) in [4.78, 5) is 14.6. The average molecular weight is 278 g/mol. The van der Waals surface area contributed by atoms with E-state index >= 15 is 0 Å². The molecule has 2 heterocycles. The molecule has 0 radical (unpaired) electrons. The van der Waals surface area contributed by atoms with Gasteiger partial charge < -0.3 is 9.88 Å². The van der Waals surface area contributed by atoms with Crippen molar-refractivity contribution < 1.29 is 0 Å². The number of benzene rings is 1. The van der Waals surface area contributed by atoms with Crippen LogP contribution >= 0.6 is 0 Å². The molecular weight excluding hydrogens is 260 g/mol. The van der Waals surface area contributed by atoms with Gasteiger partial charge in [0.05, 0.1) is 5.39 Å². The smallest absolute Gasteiger partial charge is 0.145 e. The molecule has 4 rings (SSSR count). The van der Waals surface area contributed by atoms with Gasteiger partial charge in [0, 0.05) is 18.4 Å². The van der Waals surface area contributed by atoms with Crippen molar-refractivity contribution in [2.45, 2.75) is 25.7 Å². The lowest BCUT2D eigenvalue weighted by Crippen LogP contribution is -2.12. The highest BCUT2D eigenvalue weighted by atomic mass is 15.2. The second-order valence-corrected chi connectivity index (χ2v) is 5.60. The molecule has 0 atom stereocenters. The van der Waals surface area contributed by atoms with Crippen LogP contribution in [0.4, 0.5) is 11.5 Å². The summed E-state index contributed by atoms with van der Waals surface area (Å²) in [7, 11) is 2.07. The zero-order valence-corrected chi connectivity index (χ0v) is 12.1. The van der Waals surface area contributed by atoms with Gasteiger partial charge in [0.1, 0.15) is 17.8 Å². The predicted octanol–water partition coefficient (Wildman–Crippen LogP) is 3.60. The lowest BCUT2D eigenvalue weighted by molar-refractivity contribution is 0.680. The van der Waals surface area contributed by atoms with E-state index in [2.05, 4.69) is 51.2 Å². The second kappa shape index (κ2) is 4.88. The zero-order valence-electron chi connectivity index (χ0n) is 12.1. The Labute approximate surface area is 123 Å². The first-order chi connectivity index (χ1) is 10.3. The van der Waals surface area contributed by atoms with E-state index in [1.54, 1.807) is 6.33 Å². The quantitative estimate of drug-likeness (QED) is 0.779. The third-order valence-corrected chi connectivity index (χ3v) is 4.33. The molecule has 1 N–H and O–H groups in total. The Hall–Kier alpha value is -2.36. The number of hydrogen-bond donors (Lipinski definition) is 1. The number of H-pyrrole nitrogens is 1. The Kier molecular flexibility index (Phi) is 2.88. The van der Waals surface area contributed by atoms with Crippen molar-refractivity contribution in [3.63, 3.8) is 0 Å². The molecule has 2 aromatic heterocycles. The summed E-state index contributed by atoms with van der Waals surface area (Å²) in [6, 6.07) is 10.3. The molecule has 0 saturated carbocycles. The van der Waals surface area contributed by atoms with Crippen molar-refractivity contribution in [1.82, 2.24) is 15.0 Å². The van der Waals surface area contributed by atoms with Crippen molar-refractivity contribution >= 4 is 22.5 Å². The maximum absolute atomic E-state index is 4.56. The maximum Gasteiger partial charge on any atom is 0.145 e. The molecule has 3 aromatic rings. The van der Waals surface area contributed by atoms with Crippen LogP contribution in [0.2, 0.25) is 0 Å². The number of nitrogens with zero attached hydrogens (tertiary/aromatic N) is 3. The number of aryl methyl sites for hydroxylation is 2. The van der Waals surface area contributed by atoms with E-state index in [0.717, 1.165) is 30.0 Å². The lowest BCUT2D eigenvalue weighted by atomic mass is 9.96. The molecule has 4 nitrogen and oxygen atoms in total. The Bertz CT molecular complexity index is 776.